The molecule has 1 aliphatic rings. The third-order valence-corrected chi connectivity index (χ3v) is 3.64. The number of nitrogens with zero attached hydrogens (tertiary/aromatic N) is 1. The summed E-state index contributed by atoms with van der Waals surface area (Å²) in [5.74, 6) is 0.485. The van der Waals surface area contributed by atoms with Crippen LogP contribution in [0, 0.1) is 0 Å². The third-order valence-electron chi connectivity index (χ3n) is 2.73. The molecule has 0 spiro atoms. The molecular weight excluding hydrogens is 258 g/mol. The van der Waals surface area contributed by atoms with Gasteiger partial charge in [0, 0.05) is 12.3 Å². The Bertz CT molecular complexity index is 415. The molecule has 0 unspecified atom stereocenters. The number of carbonyl (C=O) groups excluding carboxylic acids is 2. The molecule has 90 valence electrons. The van der Waals surface area contributed by atoms with Crippen molar-refractivity contribution >= 4 is 33.5 Å². The van der Waals surface area contributed by atoms with Gasteiger partial charge < -0.3 is 0 Å². The third kappa shape index (κ3) is 2.48. The number of benzene rings is 1. The van der Waals surface area contributed by atoms with Crippen LogP contribution >= 0.6 is 21.7 Å². The SMILES string of the molecule is O=C1c2ccccc2C(=O)N1CCCCSCl. The second kappa shape index (κ2) is 5.56. The number of rotatable bonds is 5. The first-order chi connectivity index (χ1) is 8.25. The molecule has 1 heterocycles. The molecule has 0 fully saturated rings. The maximum absolute atomic E-state index is 11.9. The van der Waals surface area contributed by atoms with Gasteiger partial charge in [0.15, 0.2) is 0 Å². The van der Waals surface area contributed by atoms with E-state index in [1.165, 1.54) is 15.9 Å². The minimum atomic E-state index is -0.177. The van der Waals surface area contributed by atoms with E-state index in [9.17, 15) is 9.59 Å². The van der Waals surface area contributed by atoms with Crippen LogP contribution in [0.5, 0.6) is 0 Å². The van der Waals surface area contributed by atoms with E-state index < -0.39 is 0 Å². The first kappa shape index (κ1) is 12.5. The monoisotopic (exact) mass is 269 g/mol. The fourth-order valence-electron chi connectivity index (χ4n) is 1.87. The van der Waals surface area contributed by atoms with Gasteiger partial charge >= 0.3 is 0 Å². The standard InChI is InChI=1S/C12H12ClNO2S/c13-17-8-4-3-7-14-11(15)9-5-1-2-6-10(9)12(14)16/h1-2,5-6H,3-4,7-8H2. The predicted octanol–water partition coefficient (Wildman–Crippen LogP) is 2.95. The molecule has 0 aliphatic carbocycles. The average molecular weight is 270 g/mol. The van der Waals surface area contributed by atoms with Gasteiger partial charge in [0.05, 0.1) is 11.1 Å². The summed E-state index contributed by atoms with van der Waals surface area (Å²) in [6, 6.07) is 6.95. The Morgan fingerprint density at radius 1 is 1.06 bits per heavy atom. The number of fused-ring (bicyclic) bond motifs is 1. The van der Waals surface area contributed by atoms with Crippen LogP contribution in [0.3, 0.4) is 0 Å². The number of hydrogen-bond donors (Lipinski definition) is 0. The summed E-state index contributed by atoms with van der Waals surface area (Å²) in [6.07, 6.45) is 1.70. The van der Waals surface area contributed by atoms with E-state index in [1.807, 2.05) is 0 Å². The summed E-state index contributed by atoms with van der Waals surface area (Å²) in [5, 5.41) is 0. The van der Waals surface area contributed by atoms with E-state index in [0.29, 0.717) is 17.7 Å². The molecule has 0 saturated heterocycles. The molecule has 3 nitrogen and oxygen atoms in total. The Hall–Kier alpha value is -1.00. The first-order valence-corrected chi connectivity index (χ1v) is 7.25. The highest BCUT2D eigenvalue weighted by atomic mass is 35.7. The Labute approximate surface area is 109 Å². The van der Waals surface area contributed by atoms with Crippen LogP contribution in [-0.2, 0) is 0 Å². The Morgan fingerprint density at radius 2 is 1.65 bits per heavy atom. The summed E-state index contributed by atoms with van der Waals surface area (Å²) in [5.41, 5.74) is 1.04. The lowest BCUT2D eigenvalue weighted by Crippen LogP contribution is -2.30. The van der Waals surface area contributed by atoms with E-state index >= 15 is 0 Å². The molecule has 5 heteroatoms. The van der Waals surface area contributed by atoms with Crippen molar-refractivity contribution in [3.8, 4) is 0 Å². The molecule has 0 atom stereocenters. The van der Waals surface area contributed by atoms with Gasteiger partial charge in [0.2, 0.25) is 0 Å². The number of amides is 2. The van der Waals surface area contributed by atoms with E-state index in [4.69, 9.17) is 10.7 Å². The van der Waals surface area contributed by atoms with E-state index in [2.05, 4.69) is 0 Å². The zero-order valence-corrected chi connectivity index (χ0v) is 10.8. The van der Waals surface area contributed by atoms with E-state index in [0.717, 1.165) is 18.6 Å². The molecule has 2 amide bonds. The predicted molar refractivity (Wildman–Crippen MR) is 69.4 cm³/mol. The van der Waals surface area contributed by atoms with Crippen LogP contribution in [0.4, 0.5) is 0 Å². The summed E-state index contributed by atoms with van der Waals surface area (Å²) >= 11 is 0. The van der Waals surface area contributed by atoms with Crippen molar-refractivity contribution in [3.63, 3.8) is 0 Å². The van der Waals surface area contributed by atoms with Crippen molar-refractivity contribution in [2.24, 2.45) is 0 Å². The lowest BCUT2D eigenvalue weighted by Gasteiger charge is -2.12. The van der Waals surface area contributed by atoms with Gasteiger partial charge in [-0.2, -0.15) is 0 Å². The number of carbonyl (C=O) groups is 2. The average Bonchev–Trinajstić information content (AvgIpc) is 2.60. The fourth-order valence-corrected chi connectivity index (χ4v) is 2.51. The molecule has 1 aliphatic heterocycles. The number of imide groups is 1. The van der Waals surface area contributed by atoms with Crippen LogP contribution in [0.25, 0.3) is 0 Å². The molecule has 0 aromatic heterocycles. The van der Waals surface area contributed by atoms with Crippen LogP contribution in [-0.4, -0.2) is 29.0 Å². The van der Waals surface area contributed by atoms with Crippen molar-refractivity contribution < 1.29 is 9.59 Å². The summed E-state index contributed by atoms with van der Waals surface area (Å²) < 4.78 is 0. The Morgan fingerprint density at radius 3 is 2.18 bits per heavy atom. The lowest BCUT2D eigenvalue weighted by atomic mass is 10.1. The summed E-state index contributed by atoms with van der Waals surface area (Å²) in [7, 11) is 6.75. The largest absolute Gasteiger partial charge is 0.274 e. The number of hydrogen-bond acceptors (Lipinski definition) is 3. The first-order valence-electron chi connectivity index (χ1n) is 5.44. The van der Waals surface area contributed by atoms with Gasteiger partial charge in [-0.15, -0.1) is 0 Å². The van der Waals surface area contributed by atoms with E-state index in [1.54, 1.807) is 24.3 Å². The highest BCUT2D eigenvalue weighted by Crippen LogP contribution is 2.22. The van der Waals surface area contributed by atoms with Gasteiger partial charge in [0.25, 0.3) is 11.8 Å². The van der Waals surface area contributed by atoms with Crippen molar-refractivity contribution in [1.29, 1.82) is 0 Å². The van der Waals surface area contributed by atoms with Gasteiger partial charge in [-0.1, -0.05) is 23.1 Å². The molecule has 0 radical (unpaired) electrons. The van der Waals surface area contributed by atoms with Gasteiger partial charge in [-0.05, 0) is 35.7 Å². The number of halogens is 1. The van der Waals surface area contributed by atoms with Gasteiger partial charge in [0.1, 0.15) is 0 Å². The smallest absolute Gasteiger partial charge is 0.261 e. The van der Waals surface area contributed by atoms with Crippen molar-refractivity contribution in [3.05, 3.63) is 35.4 Å². The van der Waals surface area contributed by atoms with Crippen LogP contribution in [0.2, 0.25) is 0 Å². The summed E-state index contributed by atoms with van der Waals surface area (Å²) in [4.78, 5) is 25.2. The van der Waals surface area contributed by atoms with E-state index in [-0.39, 0.29) is 11.8 Å². The maximum atomic E-state index is 11.9. The zero-order valence-electron chi connectivity index (χ0n) is 9.19. The van der Waals surface area contributed by atoms with Crippen molar-refractivity contribution in [2.45, 2.75) is 12.8 Å². The minimum absolute atomic E-state index is 0.177. The normalized spacial score (nSPS) is 14.3. The van der Waals surface area contributed by atoms with Crippen molar-refractivity contribution in [2.75, 3.05) is 12.3 Å². The molecule has 0 N–H and O–H groups in total. The second-order valence-corrected chi connectivity index (χ2v) is 5.11. The van der Waals surface area contributed by atoms with Crippen molar-refractivity contribution in [1.82, 2.24) is 4.90 Å². The molecule has 1 aromatic carbocycles. The minimum Gasteiger partial charge on any atom is -0.274 e. The Balaban J connectivity index is 2.03. The highest BCUT2D eigenvalue weighted by Gasteiger charge is 2.34. The lowest BCUT2D eigenvalue weighted by molar-refractivity contribution is 0.0652. The second-order valence-electron chi connectivity index (χ2n) is 3.83. The maximum Gasteiger partial charge on any atom is 0.261 e. The summed E-state index contributed by atoms with van der Waals surface area (Å²) in [6.45, 7) is 0.476. The topological polar surface area (TPSA) is 37.4 Å². The molecule has 17 heavy (non-hydrogen) atoms. The van der Waals surface area contributed by atoms with Crippen LogP contribution < -0.4 is 0 Å². The van der Waals surface area contributed by atoms with Crippen LogP contribution in [0.1, 0.15) is 33.6 Å². The molecule has 2 rings (SSSR count). The molecular formula is C12H12ClNO2S. The van der Waals surface area contributed by atoms with Gasteiger partial charge in [-0.3, -0.25) is 14.5 Å². The molecule has 0 saturated carbocycles. The zero-order chi connectivity index (χ0) is 12.3. The number of unbranched alkanes of at least 4 members (excludes halogenated alkanes) is 1. The Kier molecular flexibility index (Phi) is 4.07. The molecule has 0 bridgehead atoms. The molecule has 1 aromatic rings. The van der Waals surface area contributed by atoms with Crippen LogP contribution in [0.15, 0.2) is 24.3 Å². The fraction of sp³-hybridized carbons (Fsp3) is 0.333. The highest BCUT2D eigenvalue weighted by molar-refractivity contribution is 8.21. The quantitative estimate of drug-likeness (QED) is 0.609. The van der Waals surface area contributed by atoms with Gasteiger partial charge in [-0.25, -0.2) is 0 Å².